The smallest absolute Gasteiger partial charge is 0.479 e. The number of amides is 2. The summed E-state index contributed by atoms with van der Waals surface area (Å²) in [4.78, 5) is 48.2. The number of ether oxygens (including phenoxy) is 7. The van der Waals surface area contributed by atoms with E-state index < -0.39 is 160 Å². The zero-order valence-electron chi connectivity index (χ0n) is 28.8. The average Bonchev–Trinajstić information content (AvgIpc) is 3.08. The molecule has 0 radical (unpaired) electrons. The van der Waals surface area contributed by atoms with Crippen molar-refractivity contribution < 1.29 is 165 Å². The van der Waals surface area contributed by atoms with E-state index in [1.807, 2.05) is 0 Å². The third-order valence-electron chi connectivity index (χ3n) is 8.94. The van der Waals surface area contributed by atoms with E-state index in [1.165, 1.54) is 0 Å². The van der Waals surface area contributed by atoms with Gasteiger partial charge in [-0.2, -0.15) is 0 Å². The Morgan fingerprint density at radius 3 is 1.43 bits per heavy atom. The minimum absolute atomic E-state index is 0. The van der Waals surface area contributed by atoms with E-state index in [1.54, 1.807) is 0 Å². The Hall–Kier alpha value is -1.16. The van der Waals surface area contributed by atoms with Crippen molar-refractivity contribution in [3.05, 3.63) is 0 Å². The summed E-state index contributed by atoms with van der Waals surface area (Å²) in [5, 5.41) is 129. The number of nitrogens with one attached hydrogen (secondary N) is 2. The predicted octanol–water partition coefficient (Wildman–Crippen LogP) is -12.3. The summed E-state index contributed by atoms with van der Waals surface area (Å²) in [5.74, 6) is -5.28. The first-order valence-corrected chi connectivity index (χ1v) is 16.1. The van der Waals surface area contributed by atoms with Crippen molar-refractivity contribution in [2.75, 3.05) is 13.2 Å². The van der Waals surface area contributed by atoms with Crippen LogP contribution in [-0.4, -0.2) is 221 Å². The zero-order valence-corrected chi connectivity index (χ0v) is 31.9. The fraction of sp³-hybridized carbons (Fsp3) is 0.857. The molecule has 4 rings (SSSR count). The molecule has 25 nitrogen and oxygen atoms in total. The fourth-order valence-corrected chi connectivity index (χ4v) is 6.30. The molecule has 0 unspecified atom stereocenters. The van der Waals surface area contributed by atoms with E-state index in [0.29, 0.717) is 0 Å². The van der Waals surface area contributed by atoms with Gasteiger partial charge in [-0.3, -0.25) is 9.59 Å². The van der Waals surface area contributed by atoms with Gasteiger partial charge in [0.1, 0.15) is 85.3 Å². The SMILES string of the molecule is CC(=O)N[C@@H]1[C@@H](O[C@@H]2O[C@H](C(=O)O)[C@@H](O[C@@H]3O[C@H](CO)[C@@H](O)[C@H](O[C@@H]4O[C@H](C(=O)O)[C@@H](O)[C@H](O)[C@H]4O)[C@H]3NC(C)=O)[C@H](O)[C@H]2O)[C@H](O)[C@@H](CO)O[C@H]1O.[K+]. The monoisotopic (exact) mass is 815 g/mol. The fourth-order valence-electron chi connectivity index (χ4n) is 6.30. The summed E-state index contributed by atoms with van der Waals surface area (Å²) in [7, 11) is 0. The van der Waals surface area contributed by atoms with Crippen LogP contribution in [0.25, 0.3) is 0 Å². The molecular weight excluding hydrogens is 771 g/mol. The van der Waals surface area contributed by atoms with Gasteiger partial charge in [-0.1, -0.05) is 0 Å². The van der Waals surface area contributed by atoms with Gasteiger partial charge in [0, 0.05) is 13.8 Å². The molecule has 0 saturated carbocycles. The number of hydrogen-bond donors (Lipinski definition) is 14. The third-order valence-corrected chi connectivity index (χ3v) is 8.94. The largest absolute Gasteiger partial charge is 1.00 e. The van der Waals surface area contributed by atoms with Gasteiger partial charge in [-0.25, -0.2) is 9.59 Å². The van der Waals surface area contributed by atoms with Crippen LogP contribution < -0.4 is 62.0 Å². The van der Waals surface area contributed by atoms with Crippen molar-refractivity contribution in [3.8, 4) is 0 Å². The van der Waals surface area contributed by atoms with Crippen molar-refractivity contribution in [1.82, 2.24) is 10.6 Å². The number of carbonyl (C=O) groups excluding carboxylic acids is 2. The van der Waals surface area contributed by atoms with E-state index in [9.17, 15) is 80.5 Å². The molecule has 4 heterocycles. The molecule has 4 saturated heterocycles. The summed E-state index contributed by atoms with van der Waals surface area (Å²) < 4.78 is 38.0. The van der Waals surface area contributed by atoms with Crippen LogP contribution in [0, 0.1) is 0 Å². The number of hydrogen-bond acceptors (Lipinski definition) is 21. The Kier molecular flexibility index (Phi) is 17.5. The van der Waals surface area contributed by atoms with E-state index >= 15 is 0 Å². The second-order valence-corrected chi connectivity index (χ2v) is 12.7. The number of carbonyl (C=O) groups is 4. The molecule has 0 aliphatic carbocycles. The van der Waals surface area contributed by atoms with Crippen molar-refractivity contribution >= 4 is 23.8 Å². The van der Waals surface area contributed by atoms with Gasteiger partial charge >= 0.3 is 63.3 Å². The summed E-state index contributed by atoms with van der Waals surface area (Å²) in [6, 6.07) is -3.38. The second kappa shape index (κ2) is 20.0. The Morgan fingerprint density at radius 2 is 0.944 bits per heavy atom. The van der Waals surface area contributed by atoms with Gasteiger partial charge in [-0.05, 0) is 0 Å². The average molecular weight is 816 g/mol. The number of aliphatic carboxylic acids is 2. The topological polar surface area (TPSA) is 400 Å². The molecule has 0 aromatic heterocycles. The Labute approximate surface area is 347 Å². The van der Waals surface area contributed by atoms with Crippen molar-refractivity contribution in [2.24, 2.45) is 0 Å². The van der Waals surface area contributed by atoms with Crippen LogP contribution in [-0.2, 0) is 52.3 Å². The first-order valence-electron chi connectivity index (χ1n) is 16.1. The first kappa shape index (κ1) is 47.2. The van der Waals surface area contributed by atoms with Gasteiger partial charge in [-0.15, -0.1) is 0 Å². The van der Waals surface area contributed by atoms with Crippen LogP contribution >= 0.6 is 0 Å². The Balaban J connectivity index is 0.00000784. The maximum absolute atomic E-state index is 12.5. The van der Waals surface area contributed by atoms with Crippen LogP contribution in [0.3, 0.4) is 0 Å². The Bertz CT molecular complexity index is 1300. The molecule has 26 heteroatoms. The predicted molar refractivity (Wildman–Crippen MR) is 158 cm³/mol. The van der Waals surface area contributed by atoms with E-state index in [2.05, 4.69) is 10.6 Å². The van der Waals surface area contributed by atoms with E-state index in [4.69, 9.17) is 33.2 Å². The summed E-state index contributed by atoms with van der Waals surface area (Å²) in [6.45, 7) is 0.116. The van der Waals surface area contributed by atoms with Gasteiger partial charge in [0.05, 0.1) is 13.2 Å². The molecule has 0 spiro atoms. The number of rotatable bonds is 12. The molecular formula is C28H44KN2O23+. The number of carboxylic acid groups (broad SMARTS) is 2. The van der Waals surface area contributed by atoms with Crippen LogP contribution in [0.1, 0.15) is 13.8 Å². The normalized spacial score (nSPS) is 45.4. The second-order valence-electron chi connectivity index (χ2n) is 12.7. The summed E-state index contributed by atoms with van der Waals surface area (Å²) in [6.07, 6.45) is -36.5. The standard InChI is InChI=1S/C28H44N2O23.K/c1-5(33)29-9-18(11(35)7(3-31)47-25(9)46)49-28-17(41)15(39)20(22(53-28)24(44)45)51-26-10(30-6(2)34)19(12(36)8(4-32)48-26)50-27-16(40)13(37)14(38)21(52-27)23(42)43;/h7-22,25-28,31-32,35-41,46H,3-4H2,1-2H3,(H,29,33)(H,30,34)(H,42,43)(H,44,45);/q;+1/t7-,8-,9-,10-,11-,12-,13+,14+,15-,16-,17-,18-,19-,20+,21+,22+,25-,26+,27-,28-;/m1./s1. The summed E-state index contributed by atoms with van der Waals surface area (Å²) in [5.41, 5.74) is 0. The van der Waals surface area contributed by atoms with Gasteiger partial charge in [0.2, 0.25) is 11.8 Å². The maximum atomic E-state index is 12.5. The molecule has 0 bridgehead atoms. The molecule has 4 fully saturated rings. The van der Waals surface area contributed by atoms with Crippen LogP contribution in [0.15, 0.2) is 0 Å². The zero-order chi connectivity index (χ0) is 39.6. The number of aliphatic hydroxyl groups is 10. The molecule has 20 atom stereocenters. The van der Waals surface area contributed by atoms with Crippen molar-refractivity contribution in [2.45, 2.75) is 137 Å². The quantitative estimate of drug-likeness (QED) is 0.0813. The van der Waals surface area contributed by atoms with E-state index in [0.717, 1.165) is 13.8 Å². The molecule has 4 aliphatic heterocycles. The number of carboxylic acids is 2. The molecule has 2 amide bonds. The van der Waals surface area contributed by atoms with Crippen LogP contribution in [0.5, 0.6) is 0 Å². The van der Waals surface area contributed by atoms with Crippen LogP contribution in [0.4, 0.5) is 0 Å². The first-order chi connectivity index (χ1) is 24.8. The molecule has 14 N–H and O–H groups in total. The molecule has 0 aromatic rings. The van der Waals surface area contributed by atoms with Crippen LogP contribution in [0.2, 0.25) is 0 Å². The van der Waals surface area contributed by atoms with Gasteiger partial charge < -0.3 is 105 Å². The summed E-state index contributed by atoms with van der Waals surface area (Å²) >= 11 is 0. The van der Waals surface area contributed by atoms with Crippen molar-refractivity contribution in [3.63, 3.8) is 0 Å². The van der Waals surface area contributed by atoms with Gasteiger partial charge in [0.15, 0.2) is 37.4 Å². The van der Waals surface area contributed by atoms with Crippen molar-refractivity contribution in [1.29, 1.82) is 0 Å². The van der Waals surface area contributed by atoms with Gasteiger partial charge in [0.25, 0.3) is 0 Å². The molecule has 304 valence electrons. The third kappa shape index (κ3) is 10.3. The Morgan fingerprint density at radius 1 is 0.519 bits per heavy atom. The number of aliphatic hydroxyl groups excluding tert-OH is 10. The minimum Gasteiger partial charge on any atom is -0.479 e. The molecule has 54 heavy (non-hydrogen) atoms. The maximum Gasteiger partial charge on any atom is 1.00 e. The molecule has 0 aromatic carbocycles. The minimum atomic E-state index is -2.30. The van der Waals surface area contributed by atoms with E-state index in [-0.39, 0.29) is 51.4 Å². The molecule has 4 aliphatic rings.